The molecule has 0 atom stereocenters. The van der Waals surface area contributed by atoms with Crippen LogP contribution in [0.25, 0.3) is 0 Å². The van der Waals surface area contributed by atoms with Crippen LogP contribution in [0.2, 0.25) is 0 Å². The van der Waals surface area contributed by atoms with Crippen molar-refractivity contribution in [1.29, 1.82) is 0 Å². The van der Waals surface area contributed by atoms with Crippen LogP contribution in [-0.2, 0) is 9.68 Å². The molecule has 0 unspecified atom stereocenters. The molecule has 10 nitrogen and oxygen atoms in total. The van der Waals surface area contributed by atoms with Gasteiger partial charge in [-0.1, -0.05) is 6.92 Å². The van der Waals surface area contributed by atoms with E-state index in [9.17, 15) is 20.2 Å². The fourth-order valence-corrected chi connectivity index (χ4v) is 0.591. The molecule has 0 aromatic heterocycles. The zero-order chi connectivity index (χ0) is 12.1. The maximum absolute atomic E-state index is 9.85. The third kappa shape index (κ3) is 4.93. The normalized spacial score (nSPS) is 11.2. The molecule has 0 heterocycles. The minimum atomic E-state index is -2.04. The first-order valence-corrected chi connectivity index (χ1v) is 3.68. The van der Waals surface area contributed by atoms with Crippen molar-refractivity contribution in [2.45, 2.75) is 13.2 Å². The van der Waals surface area contributed by atoms with Gasteiger partial charge in [0.25, 0.3) is 10.2 Å². The van der Waals surface area contributed by atoms with E-state index in [2.05, 4.69) is 9.68 Å². The Hall–Kier alpha value is -1.68. The second-order valence-corrected chi connectivity index (χ2v) is 3.02. The van der Waals surface area contributed by atoms with Gasteiger partial charge >= 0.3 is 0 Å². The molecule has 0 spiro atoms. The minimum Gasteiger partial charge on any atom is -0.368 e. The Morgan fingerprint density at radius 1 is 1.20 bits per heavy atom. The lowest BCUT2D eigenvalue weighted by atomic mass is 9.92. The highest BCUT2D eigenvalue weighted by atomic mass is 17.0. The summed E-state index contributed by atoms with van der Waals surface area (Å²) in [6, 6.07) is 0. The summed E-state index contributed by atoms with van der Waals surface area (Å²) in [7, 11) is 0. The molecule has 0 fully saturated rings. The molecule has 0 bridgehead atoms. The Morgan fingerprint density at radius 3 is 1.73 bits per heavy atom. The van der Waals surface area contributed by atoms with Gasteiger partial charge in [-0.15, -0.1) is 20.2 Å². The van der Waals surface area contributed by atoms with Crippen LogP contribution in [0.4, 0.5) is 0 Å². The predicted octanol–water partition coefficient (Wildman–Crippen LogP) is -1.28. The fraction of sp³-hybridized carbons (Fsp3) is 1.00. The highest BCUT2D eigenvalue weighted by Crippen LogP contribution is 2.21. The van der Waals surface area contributed by atoms with E-state index < -0.39 is 35.1 Å². The lowest BCUT2D eigenvalue weighted by molar-refractivity contribution is -0.773. The molecular weight excluding hydrogens is 216 g/mol. The quantitative estimate of drug-likeness (QED) is 0.310. The van der Waals surface area contributed by atoms with Crippen molar-refractivity contribution in [3.8, 4) is 0 Å². The molecule has 10 heteroatoms. The Kier molecular flexibility index (Phi) is 4.67. The summed E-state index contributed by atoms with van der Waals surface area (Å²) >= 11 is 0. The summed E-state index contributed by atoms with van der Waals surface area (Å²) in [5.41, 5.74) is -1.65. The lowest BCUT2D eigenvalue weighted by Crippen LogP contribution is -2.42. The largest absolute Gasteiger partial charge is 0.368 e. The molecule has 0 aromatic rings. The zero-order valence-corrected chi connectivity index (χ0v) is 7.73. The van der Waals surface area contributed by atoms with Crippen LogP contribution < -0.4 is 0 Å². The second kappa shape index (κ2) is 5.26. The number of rotatable bonds is 7. The SMILES string of the molecule is CC(CO[N+](=O)[O-])(CO[N+](=O)[O-])C(O)O. The first kappa shape index (κ1) is 13.3. The Bertz CT molecular complexity index is 223. The first-order chi connectivity index (χ1) is 6.78. The summed E-state index contributed by atoms with van der Waals surface area (Å²) < 4.78 is 0. The monoisotopic (exact) mass is 226 g/mol. The second-order valence-electron chi connectivity index (χ2n) is 3.02. The van der Waals surface area contributed by atoms with E-state index in [1.54, 1.807) is 0 Å². The van der Waals surface area contributed by atoms with E-state index in [-0.39, 0.29) is 0 Å². The molecular formula is C5H10N2O8. The Morgan fingerprint density at radius 2 is 1.53 bits per heavy atom. The van der Waals surface area contributed by atoms with Gasteiger partial charge in [-0.05, 0) is 0 Å². The molecule has 0 saturated carbocycles. The van der Waals surface area contributed by atoms with Gasteiger partial charge in [0, 0.05) is 0 Å². The number of aliphatic hydroxyl groups is 2. The van der Waals surface area contributed by atoms with E-state index in [0.717, 1.165) is 6.92 Å². The molecule has 0 saturated heterocycles. The molecule has 88 valence electrons. The van der Waals surface area contributed by atoms with Crippen LogP contribution in [-0.4, -0.2) is 39.9 Å². The first-order valence-electron chi connectivity index (χ1n) is 3.68. The molecule has 0 rings (SSSR count). The molecule has 0 radical (unpaired) electrons. The van der Waals surface area contributed by atoms with Gasteiger partial charge in [-0.25, -0.2) is 0 Å². The summed E-state index contributed by atoms with van der Waals surface area (Å²) in [6.07, 6.45) is -2.04. The van der Waals surface area contributed by atoms with E-state index in [4.69, 9.17) is 10.2 Å². The Labute approximate surface area is 83.2 Å². The topological polar surface area (TPSA) is 145 Å². The van der Waals surface area contributed by atoms with E-state index in [1.807, 2.05) is 0 Å². The molecule has 0 amide bonds. The number of hydrogen-bond donors (Lipinski definition) is 2. The van der Waals surface area contributed by atoms with Crippen LogP contribution >= 0.6 is 0 Å². The van der Waals surface area contributed by atoms with Gasteiger partial charge in [-0.2, -0.15) is 0 Å². The van der Waals surface area contributed by atoms with Crippen molar-refractivity contribution < 1.29 is 30.1 Å². The zero-order valence-electron chi connectivity index (χ0n) is 7.73. The lowest BCUT2D eigenvalue weighted by Gasteiger charge is -2.28. The molecule has 2 N–H and O–H groups in total. The maximum Gasteiger partial charge on any atom is 0.294 e. The number of nitrogens with zero attached hydrogens (tertiary/aromatic N) is 2. The van der Waals surface area contributed by atoms with Crippen LogP contribution in [0.3, 0.4) is 0 Å². The molecule has 0 aliphatic rings. The van der Waals surface area contributed by atoms with Crippen molar-refractivity contribution >= 4 is 0 Å². The van der Waals surface area contributed by atoms with Crippen LogP contribution in [0.5, 0.6) is 0 Å². The highest BCUT2D eigenvalue weighted by Gasteiger charge is 2.35. The van der Waals surface area contributed by atoms with Crippen LogP contribution in [0.1, 0.15) is 6.92 Å². The molecule has 0 aliphatic carbocycles. The van der Waals surface area contributed by atoms with Gasteiger partial charge in [0.2, 0.25) is 0 Å². The van der Waals surface area contributed by atoms with E-state index >= 15 is 0 Å². The predicted molar refractivity (Wildman–Crippen MR) is 42.2 cm³/mol. The molecule has 0 aromatic carbocycles. The van der Waals surface area contributed by atoms with E-state index in [1.165, 1.54) is 0 Å². The van der Waals surface area contributed by atoms with Gasteiger partial charge in [0.1, 0.15) is 13.2 Å². The molecule has 15 heavy (non-hydrogen) atoms. The summed E-state index contributed by atoms with van der Waals surface area (Å²) in [5.74, 6) is 0. The number of hydrogen-bond acceptors (Lipinski definition) is 8. The van der Waals surface area contributed by atoms with Crippen LogP contribution in [0, 0.1) is 25.6 Å². The average Bonchev–Trinajstić information content (AvgIpc) is 2.11. The van der Waals surface area contributed by atoms with Crippen molar-refractivity contribution in [2.24, 2.45) is 5.41 Å². The summed E-state index contributed by atoms with van der Waals surface area (Å²) in [4.78, 5) is 27.5. The fourth-order valence-electron chi connectivity index (χ4n) is 0.591. The molecule has 0 aliphatic heterocycles. The highest BCUT2D eigenvalue weighted by molar-refractivity contribution is 4.74. The van der Waals surface area contributed by atoms with E-state index in [0.29, 0.717) is 0 Å². The average molecular weight is 226 g/mol. The Balaban J connectivity index is 4.31. The maximum atomic E-state index is 9.85. The van der Waals surface area contributed by atoms with Crippen molar-refractivity contribution in [3.63, 3.8) is 0 Å². The third-order valence-electron chi connectivity index (χ3n) is 1.62. The van der Waals surface area contributed by atoms with Crippen molar-refractivity contribution in [2.75, 3.05) is 13.2 Å². The van der Waals surface area contributed by atoms with Gasteiger partial charge < -0.3 is 19.9 Å². The summed E-state index contributed by atoms with van der Waals surface area (Å²) in [6.45, 7) is -0.332. The third-order valence-corrected chi connectivity index (χ3v) is 1.62. The van der Waals surface area contributed by atoms with Gasteiger partial charge in [0.15, 0.2) is 6.29 Å². The van der Waals surface area contributed by atoms with Crippen LogP contribution in [0.15, 0.2) is 0 Å². The van der Waals surface area contributed by atoms with Crippen molar-refractivity contribution in [1.82, 2.24) is 0 Å². The smallest absolute Gasteiger partial charge is 0.294 e. The van der Waals surface area contributed by atoms with Gasteiger partial charge in [-0.3, -0.25) is 0 Å². The van der Waals surface area contributed by atoms with Gasteiger partial charge in [0.05, 0.1) is 5.41 Å². The number of aliphatic hydroxyl groups excluding tert-OH is 1. The van der Waals surface area contributed by atoms with Crippen molar-refractivity contribution in [3.05, 3.63) is 20.2 Å². The standard InChI is InChI=1S/C5H10N2O8/c1-5(4(8)9,2-14-6(10)11)3-15-7(12)13/h4,8-9H,2-3H2,1H3. The minimum absolute atomic E-state index is 0.731. The summed E-state index contributed by atoms with van der Waals surface area (Å²) in [5, 5.41) is 35.1.